The molecule has 4 rings (SSSR count). The second-order valence-corrected chi connectivity index (χ2v) is 7.30. The maximum atomic E-state index is 12.7. The van der Waals surface area contributed by atoms with Crippen LogP contribution in [0.3, 0.4) is 0 Å². The van der Waals surface area contributed by atoms with Crippen molar-refractivity contribution >= 4 is 17.5 Å². The van der Waals surface area contributed by atoms with E-state index >= 15 is 0 Å². The van der Waals surface area contributed by atoms with Crippen LogP contribution in [0.25, 0.3) is 0 Å². The molecule has 2 aromatic heterocycles. The Bertz CT molecular complexity index is 1100. The zero-order chi connectivity index (χ0) is 20.9. The van der Waals surface area contributed by atoms with Crippen LogP contribution in [0.4, 0.5) is 5.69 Å². The van der Waals surface area contributed by atoms with Crippen molar-refractivity contribution in [3.63, 3.8) is 0 Å². The lowest BCUT2D eigenvalue weighted by molar-refractivity contribution is -0.130. The Hall–Kier alpha value is -3.68. The van der Waals surface area contributed by atoms with Crippen LogP contribution >= 0.6 is 0 Å². The summed E-state index contributed by atoms with van der Waals surface area (Å²) in [5.74, 6) is -0.599. The minimum absolute atomic E-state index is 0.00389. The summed E-state index contributed by atoms with van der Waals surface area (Å²) in [5, 5.41) is 6.95. The molecular weight excluding hydrogens is 382 g/mol. The number of anilines is 1. The van der Waals surface area contributed by atoms with Crippen LogP contribution in [0.15, 0.2) is 65.8 Å². The second-order valence-electron chi connectivity index (χ2n) is 7.30. The summed E-state index contributed by atoms with van der Waals surface area (Å²) < 4.78 is 3.08. The summed E-state index contributed by atoms with van der Waals surface area (Å²) in [7, 11) is 0. The van der Waals surface area contributed by atoms with Crippen molar-refractivity contribution in [3.8, 4) is 0 Å². The van der Waals surface area contributed by atoms with Gasteiger partial charge in [-0.05, 0) is 48.7 Å². The van der Waals surface area contributed by atoms with Gasteiger partial charge in [0, 0.05) is 37.4 Å². The maximum Gasteiger partial charge on any atom is 0.263 e. The number of likely N-dealkylation sites (tertiary alicyclic amines) is 1. The fourth-order valence-electron chi connectivity index (χ4n) is 3.57. The van der Waals surface area contributed by atoms with Gasteiger partial charge >= 0.3 is 0 Å². The zero-order valence-corrected chi connectivity index (χ0v) is 16.5. The molecule has 0 bridgehead atoms. The Kier molecular flexibility index (Phi) is 5.74. The molecule has 2 amide bonds. The van der Waals surface area contributed by atoms with Gasteiger partial charge in [-0.2, -0.15) is 5.10 Å². The SMILES string of the molecule is O=C(Nc1cccc(Cn2cccn2)c1)c1cccn(CC(=O)N2CCCC2)c1=O. The van der Waals surface area contributed by atoms with Crippen molar-refractivity contribution in [2.75, 3.05) is 18.4 Å². The van der Waals surface area contributed by atoms with E-state index in [1.54, 1.807) is 27.9 Å². The van der Waals surface area contributed by atoms with E-state index in [1.165, 1.54) is 16.8 Å². The fraction of sp³-hybridized carbons (Fsp3) is 0.273. The molecule has 0 spiro atoms. The molecule has 3 heterocycles. The van der Waals surface area contributed by atoms with Gasteiger partial charge in [-0.1, -0.05) is 12.1 Å². The minimum Gasteiger partial charge on any atom is -0.341 e. The lowest BCUT2D eigenvalue weighted by Crippen LogP contribution is -2.36. The molecule has 154 valence electrons. The quantitative estimate of drug-likeness (QED) is 0.679. The number of nitrogens with zero attached hydrogens (tertiary/aromatic N) is 4. The molecule has 1 aliphatic heterocycles. The van der Waals surface area contributed by atoms with Crippen LogP contribution in [-0.4, -0.2) is 44.2 Å². The Morgan fingerprint density at radius 2 is 1.87 bits per heavy atom. The van der Waals surface area contributed by atoms with Gasteiger partial charge in [-0.3, -0.25) is 19.1 Å². The highest BCUT2D eigenvalue weighted by Crippen LogP contribution is 2.13. The molecule has 30 heavy (non-hydrogen) atoms. The van der Waals surface area contributed by atoms with E-state index in [2.05, 4.69) is 10.4 Å². The standard InChI is InChI=1S/C22H23N5O3/c28-20(25-10-1-2-11-25)16-26-12-4-8-19(22(26)30)21(29)24-18-7-3-6-17(14-18)15-27-13-5-9-23-27/h3-9,12-14H,1-2,10-11,15-16H2,(H,24,29). The molecule has 0 atom stereocenters. The molecule has 3 aromatic rings. The van der Waals surface area contributed by atoms with Crippen molar-refractivity contribution in [1.29, 1.82) is 0 Å². The number of hydrogen-bond donors (Lipinski definition) is 1. The molecule has 1 N–H and O–H groups in total. The predicted molar refractivity (Wildman–Crippen MR) is 112 cm³/mol. The number of hydrogen-bond acceptors (Lipinski definition) is 4. The summed E-state index contributed by atoms with van der Waals surface area (Å²) in [4.78, 5) is 39.6. The van der Waals surface area contributed by atoms with Crippen LogP contribution < -0.4 is 10.9 Å². The summed E-state index contributed by atoms with van der Waals surface area (Å²) in [5.41, 5.74) is 1.09. The number of amides is 2. The summed E-state index contributed by atoms with van der Waals surface area (Å²) in [6, 6.07) is 12.3. The van der Waals surface area contributed by atoms with Crippen molar-refractivity contribution in [1.82, 2.24) is 19.2 Å². The highest BCUT2D eigenvalue weighted by molar-refractivity contribution is 6.04. The molecular formula is C22H23N5O3. The van der Waals surface area contributed by atoms with Crippen LogP contribution in [0.1, 0.15) is 28.8 Å². The van der Waals surface area contributed by atoms with E-state index in [9.17, 15) is 14.4 Å². The van der Waals surface area contributed by atoms with Crippen molar-refractivity contribution in [3.05, 3.63) is 82.5 Å². The second kappa shape index (κ2) is 8.77. The highest BCUT2D eigenvalue weighted by atomic mass is 16.2. The van der Waals surface area contributed by atoms with Gasteiger partial charge in [0.15, 0.2) is 0 Å². The van der Waals surface area contributed by atoms with Crippen LogP contribution in [0.5, 0.6) is 0 Å². The lowest BCUT2D eigenvalue weighted by atomic mass is 10.2. The van der Waals surface area contributed by atoms with Gasteiger partial charge in [0.2, 0.25) is 5.91 Å². The largest absolute Gasteiger partial charge is 0.341 e. The van der Waals surface area contributed by atoms with Crippen LogP contribution in [0, 0.1) is 0 Å². The van der Waals surface area contributed by atoms with Gasteiger partial charge in [0.05, 0.1) is 6.54 Å². The van der Waals surface area contributed by atoms with E-state index in [0.29, 0.717) is 12.2 Å². The van der Waals surface area contributed by atoms with Crippen molar-refractivity contribution in [2.45, 2.75) is 25.9 Å². The van der Waals surface area contributed by atoms with Crippen molar-refractivity contribution in [2.24, 2.45) is 0 Å². The average molecular weight is 405 g/mol. The van der Waals surface area contributed by atoms with Gasteiger partial charge < -0.3 is 14.8 Å². The van der Waals surface area contributed by atoms with E-state index in [-0.39, 0.29) is 18.0 Å². The van der Waals surface area contributed by atoms with Crippen LogP contribution in [-0.2, 0) is 17.9 Å². The third-order valence-corrected chi connectivity index (χ3v) is 5.12. The van der Waals surface area contributed by atoms with Gasteiger partial charge in [0.1, 0.15) is 12.1 Å². The third kappa shape index (κ3) is 4.48. The van der Waals surface area contributed by atoms with E-state index < -0.39 is 11.5 Å². The number of pyridine rings is 1. The van der Waals surface area contributed by atoms with Gasteiger partial charge in [0.25, 0.3) is 11.5 Å². The minimum atomic E-state index is -0.501. The molecule has 1 saturated heterocycles. The van der Waals surface area contributed by atoms with Crippen LogP contribution in [0.2, 0.25) is 0 Å². The normalized spacial score (nSPS) is 13.4. The first-order chi connectivity index (χ1) is 14.6. The number of carbonyl (C=O) groups is 2. The first-order valence-corrected chi connectivity index (χ1v) is 9.95. The maximum absolute atomic E-state index is 12.7. The molecule has 0 saturated carbocycles. The van der Waals surface area contributed by atoms with E-state index in [1.807, 2.05) is 30.5 Å². The number of carbonyl (C=O) groups excluding carboxylic acids is 2. The smallest absolute Gasteiger partial charge is 0.263 e. The molecule has 0 unspecified atom stereocenters. The molecule has 1 fully saturated rings. The van der Waals surface area contributed by atoms with Gasteiger partial charge in [-0.15, -0.1) is 0 Å². The highest BCUT2D eigenvalue weighted by Gasteiger charge is 2.20. The number of nitrogens with one attached hydrogen (secondary N) is 1. The number of rotatable bonds is 6. The first kappa shape index (κ1) is 19.6. The molecule has 8 nitrogen and oxygen atoms in total. The molecule has 8 heteroatoms. The number of benzene rings is 1. The monoisotopic (exact) mass is 405 g/mol. The topological polar surface area (TPSA) is 89.2 Å². The van der Waals surface area contributed by atoms with Crippen molar-refractivity contribution < 1.29 is 9.59 Å². The zero-order valence-electron chi connectivity index (χ0n) is 16.5. The molecule has 0 radical (unpaired) electrons. The van der Waals surface area contributed by atoms with Gasteiger partial charge in [-0.25, -0.2) is 0 Å². The summed E-state index contributed by atoms with van der Waals surface area (Å²) >= 11 is 0. The molecule has 1 aliphatic rings. The Balaban J connectivity index is 1.47. The Morgan fingerprint density at radius 1 is 1.03 bits per heavy atom. The van der Waals surface area contributed by atoms with E-state index in [0.717, 1.165) is 31.5 Å². The lowest BCUT2D eigenvalue weighted by Gasteiger charge is -2.16. The third-order valence-electron chi connectivity index (χ3n) is 5.12. The first-order valence-electron chi connectivity index (χ1n) is 9.95. The fourth-order valence-corrected chi connectivity index (χ4v) is 3.57. The molecule has 1 aromatic carbocycles. The summed E-state index contributed by atoms with van der Waals surface area (Å²) in [6.45, 7) is 1.97. The average Bonchev–Trinajstić information content (AvgIpc) is 3.44. The predicted octanol–water partition coefficient (Wildman–Crippen LogP) is 1.97. The Morgan fingerprint density at radius 3 is 2.63 bits per heavy atom. The Labute approximate surface area is 173 Å². The summed E-state index contributed by atoms with van der Waals surface area (Å²) in [6.07, 6.45) is 7.09. The van der Waals surface area contributed by atoms with E-state index in [4.69, 9.17) is 0 Å². The molecule has 0 aliphatic carbocycles. The number of aromatic nitrogens is 3.